The van der Waals surface area contributed by atoms with Gasteiger partial charge in [-0.2, -0.15) is 4.98 Å². The monoisotopic (exact) mass is 320 g/mol. The fourth-order valence-electron chi connectivity index (χ4n) is 1.93. The molecule has 2 aromatic rings. The molecule has 2 rings (SSSR count). The minimum Gasteiger partial charge on any atom is -0.497 e. The summed E-state index contributed by atoms with van der Waals surface area (Å²) in [6.45, 7) is 1.87. The fraction of sp³-hybridized carbons (Fsp3) is 0.400. The number of hydrogen-bond donors (Lipinski definition) is 2. The second-order valence-corrected chi connectivity index (χ2v) is 4.98. The van der Waals surface area contributed by atoms with Crippen LogP contribution in [-0.4, -0.2) is 42.9 Å². The van der Waals surface area contributed by atoms with Crippen molar-refractivity contribution in [1.29, 1.82) is 0 Å². The predicted molar refractivity (Wildman–Crippen MR) is 82.7 cm³/mol. The second kappa shape index (κ2) is 7.70. The van der Waals surface area contributed by atoms with Crippen LogP contribution in [0.15, 0.2) is 28.8 Å². The van der Waals surface area contributed by atoms with Gasteiger partial charge in [0.05, 0.1) is 13.7 Å². The van der Waals surface area contributed by atoms with E-state index in [9.17, 15) is 4.79 Å². The Morgan fingerprint density at radius 3 is 2.91 bits per heavy atom. The Kier molecular flexibility index (Phi) is 5.67. The molecule has 0 aliphatic rings. The van der Waals surface area contributed by atoms with Crippen LogP contribution in [0.5, 0.6) is 5.75 Å². The summed E-state index contributed by atoms with van der Waals surface area (Å²) >= 11 is 0. The lowest BCUT2D eigenvalue weighted by Crippen LogP contribution is -2.44. The summed E-state index contributed by atoms with van der Waals surface area (Å²) in [4.78, 5) is 16.1. The van der Waals surface area contributed by atoms with Crippen LogP contribution in [-0.2, 0) is 9.53 Å². The van der Waals surface area contributed by atoms with Gasteiger partial charge in [0.25, 0.3) is 0 Å². The van der Waals surface area contributed by atoms with E-state index in [1.54, 1.807) is 20.1 Å². The van der Waals surface area contributed by atoms with Crippen LogP contribution in [0.1, 0.15) is 18.9 Å². The number of rotatable bonds is 7. The van der Waals surface area contributed by atoms with Gasteiger partial charge in [0, 0.05) is 12.7 Å². The van der Waals surface area contributed by atoms with Gasteiger partial charge in [-0.05, 0) is 19.1 Å². The zero-order valence-corrected chi connectivity index (χ0v) is 13.3. The van der Waals surface area contributed by atoms with Crippen molar-refractivity contribution in [3.63, 3.8) is 0 Å². The molecular formula is C15H20N4O4. The molecule has 0 radical (unpaired) electrons. The van der Waals surface area contributed by atoms with Crippen molar-refractivity contribution in [3.8, 4) is 17.1 Å². The molecule has 23 heavy (non-hydrogen) atoms. The molecule has 0 spiro atoms. The zero-order valence-electron chi connectivity index (χ0n) is 13.3. The molecular weight excluding hydrogens is 300 g/mol. The minimum absolute atomic E-state index is 0.136. The molecule has 0 fully saturated rings. The largest absolute Gasteiger partial charge is 0.497 e. The molecule has 0 saturated carbocycles. The minimum atomic E-state index is -0.747. The molecule has 0 saturated heterocycles. The Morgan fingerprint density at radius 2 is 2.22 bits per heavy atom. The lowest BCUT2D eigenvalue weighted by molar-refractivity contribution is -0.124. The molecule has 2 unspecified atom stereocenters. The number of nitrogens with two attached hydrogens (primary N) is 1. The average Bonchev–Trinajstić information content (AvgIpc) is 3.05. The molecule has 0 aliphatic heterocycles. The Hall–Kier alpha value is -2.45. The number of aromatic nitrogens is 2. The van der Waals surface area contributed by atoms with Crippen LogP contribution < -0.4 is 15.8 Å². The first kappa shape index (κ1) is 16.9. The molecule has 8 heteroatoms. The molecule has 1 aromatic heterocycles. The van der Waals surface area contributed by atoms with E-state index in [-0.39, 0.29) is 12.5 Å². The van der Waals surface area contributed by atoms with Gasteiger partial charge >= 0.3 is 0 Å². The number of benzene rings is 1. The highest BCUT2D eigenvalue weighted by Gasteiger charge is 2.20. The maximum atomic E-state index is 11.9. The quantitative estimate of drug-likeness (QED) is 0.779. The predicted octanol–water partition coefficient (Wildman–Crippen LogP) is 0.896. The number of amides is 1. The van der Waals surface area contributed by atoms with Gasteiger partial charge in [-0.15, -0.1) is 0 Å². The molecule has 1 amide bonds. The molecule has 2 atom stereocenters. The average molecular weight is 320 g/mol. The summed E-state index contributed by atoms with van der Waals surface area (Å²) in [7, 11) is 3.07. The van der Waals surface area contributed by atoms with Crippen molar-refractivity contribution in [1.82, 2.24) is 15.5 Å². The number of methoxy groups -OCH3 is 2. The first-order valence-electron chi connectivity index (χ1n) is 7.08. The number of carbonyl (C=O) groups is 1. The van der Waals surface area contributed by atoms with E-state index in [0.29, 0.717) is 17.5 Å². The van der Waals surface area contributed by atoms with Gasteiger partial charge in [0.2, 0.25) is 17.6 Å². The normalized spacial score (nSPS) is 13.4. The van der Waals surface area contributed by atoms with Crippen molar-refractivity contribution < 1.29 is 18.8 Å². The lowest BCUT2D eigenvalue weighted by atomic mass is 10.2. The van der Waals surface area contributed by atoms with Crippen LogP contribution >= 0.6 is 0 Å². The van der Waals surface area contributed by atoms with Crippen LogP contribution in [0.3, 0.4) is 0 Å². The van der Waals surface area contributed by atoms with Gasteiger partial charge in [0.15, 0.2) is 0 Å². The molecule has 1 heterocycles. The van der Waals surface area contributed by atoms with Crippen molar-refractivity contribution in [2.24, 2.45) is 5.73 Å². The first-order valence-corrected chi connectivity index (χ1v) is 7.08. The lowest BCUT2D eigenvalue weighted by Gasteiger charge is -2.14. The van der Waals surface area contributed by atoms with Crippen LogP contribution in [0.4, 0.5) is 0 Å². The maximum absolute atomic E-state index is 11.9. The van der Waals surface area contributed by atoms with Gasteiger partial charge in [-0.3, -0.25) is 4.79 Å². The van der Waals surface area contributed by atoms with Crippen LogP contribution in [0, 0.1) is 0 Å². The number of carbonyl (C=O) groups excluding carboxylic acids is 1. The maximum Gasteiger partial charge on any atom is 0.249 e. The Labute approximate surface area is 134 Å². The highest BCUT2D eigenvalue weighted by molar-refractivity contribution is 5.81. The summed E-state index contributed by atoms with van der Waals surface area (Å²) in [5, 5.41) is 6.63. The molecule has 8 nitrogen and oxygen atoms in total. The number of nitrogens with one attached hydrogen (secondary N) is 1. The highest BCUT2D eigenvalue weighted by Crippen LogP contribution is 2.22. The third-order valence-electron chi connectivity index (χ3n) is 3.18. The molecule has 3 N–H and O–H groups in total. The molecule has 1 aromatic carbocycles. The summed E-state index contributed by atoms with van der Waals surface area (Å²) < 4.78 is 15.2. The highest BCUT2D eigenvalue weighted by atomic mass is 16.5. The summed E-state index contributed by atoms with van der Waals surface area (Å²) in [6, 6.07) is 6.09. The van der Waals surface area contributed by atoms with E-state index in [1.807, 2.05) is 18.2 Å². The van der Waals surface area contributed by atoms with Crippen molar-refractivity contribution in [3.05, 3.63) is 30.2 Å². The fourth-order valence-corrected chi connectivity index (χ4v) is 1.93. The number of nitrogens with zero attached hydrogens (tertiary/aromatic N) is 2. The van der Waals surface area contributed by atoms with Gasteiger partial charge in [-0.25, -0.2) is 0 Å². The topological polar surface area (TPSA) is 112 Å². The van der Waals surface area contributed by atoms with Gasteiger partial charge in [0.1, 0.15) is 17.8 Å². The van der Waals surface area contributed by atoms with E-state index in [4.69, 9.17) is 19.7 Å². The Balaban J connectivity index is 2.07. The van der Waals surface area contributed by atoms with Gasteiger partial charge in [-0.1, -0.05) is 17.3 Å². The van der Waals surface area contributed by atoms with E-state index >= 15 is 0 Å². The Bertz CT molecular complexity index is 658. The van der Waals surface area contributed by atoms with Crippen LogP contribution in [0.25, 0.3) is 11.4 Å². The van der Waals surface area contributed by atoms with E-state index in [2.05, 4.69) is 15.5 Å². The molecule has 124 valence electrons. The Morgan fingerprint density at radius 1 is 1.43 bits per heavy atom. The summed E-state index contributed by atoms with van der Waals surface area (Å²) in [5.74, 6) is 1.06. The van der Waals surface area contributed by atoms with Crippen LogP contribution in [0.2, 0.25) is 0 Å². The molecule has 0 aliphatic carbocycles. The van der Waals surface area contributed by atoms with Crippen molar-refractivity contribution >= 4 is 5.91 Å². The summed E-state index contributed by atoms with van der Waals surface area (Å²) in [6.07, 6.45) is 0. The SMILES string of the molecule is COCC(N)C(=O)NC(C)c1nc(-c2cccc(OC)c2)no1. The van der Waals surface area contributed by atoms with E-state index in [0.717, 1.165) is 5.56 Å². The zero-order chi connectivity index (χ0) is 16.8. The third-order valence-corrected chi connectivity index (χ3v) is 3.18. The van der Waals surface area contributed by atoms with Crippen molar-refractivity contribution in [2.45, 2.75) is 19.0 Å². The second-order valence-electron chi connectivity index (χ2n) is 4.98. The van der Waals surface area contributed by atoms with Gasteiger partial charge < -0.3 is 25.0 Å². The molecule has 0 bridgehead atoms. The van der Waals surface area contributed by atoms with Crippen molar-refractivity contribution in [2.75, 3.05) is 20.8 Å². The van der Waals surface area contributed by atoms with E-state index in [1.165, 1.54) is 7.11 Å². The smallest absolute Gasteiger partial charge is 0.249 e. The summed E-state index contributed by atoms with van der Waals surface area (Å²) in [5.41, 5.74) is 6.42. The number of ether oxygens (including phenoxy) is 2. The van der Waals surface area contributed by atoms with E-state index < -0.39 is 12.1 Å². The standard InChI is InChI=1S/C15H20N4O4/c1-9(17-14(20)12(16)8-21-2)15-18-13(19-23-15)10-5-4-6-11(7-10)22-3/h4-7,9,12H,8,16H2,1-3H3,(H,17,20). The third kappa shape index (κ3) is 4.27. The first-order chi connectivity index (χ1) is 11.0. The number of hydrogen-bond acceptors (Lipinski definition) is 7.